The maximum absolute atomic E-state index is 12.5. The van der Waals surface area contributed by atoms with Crippen LogP contribution in [0.25, 0.3) is 5.57 Å². The molecule has 1 aliphatic heterocycles. The van der Waals surface area contributed by atoms with Crippen molar-refractivity contribution in [2.45, 2.75) is 31.3 Å². The highest BCUT2D eigenvalue weighted by atomic mass is 35.5. The molecule has 2 unspecified atom stereocenters. The Morgan fingerprint density at radius 1 is 1.22 bits per heavy atom. The van der Waals surface area contributed by atoms with Crippen molar-refractivity contribution in [3.8, 4) is 0 Å². The van der Waals surface area contributed by atoms with Crippen LogP contribution in [-0.4, -0.2) is 22.9 Å². The molecule has 2 aromatic carbocycles. The maximum Gasteiger partial charge on any atom is 0.342 e. The molecule has 2 atom stereocenters. The zero-order chi connectivity index (χ0) is 19.6. The predicted molar refractivity (Wildman–Crippen MR) is 112 cm³/mol. The minimum Gasteiger partial charge on any atom is -0.511 e. The third-order valence-electron chi connectivity index (χ3n) is 4.51. The molecule has 0 saturated heterocycles. The molecule has 2 aromatic rings. The number of halogens is 2. The molecule has 0 aromatic heterocycles. The van der Waals surface area contributed by atoms with Gasteiger partial charge in [0, 0.05) is 33.6 Å². The lowest BCUT2D eigenvalue weighted by molar-refractivity contribution is -0.145. The van der Waals surface area contributed by atoms with Crippen LogP contribution in [0.5, 0.6) is 0 Å². The van der Waals surface area contributed by atoms with E-state index in [-0.39, 0.29) is 29.8 Å². The van der Waals surface area contributed by atoms with Crippen LogP contribution in [0, 0.1) is 12.8 Å². The summed E-state index contributed by atoms with van der Waals surface area (Å²) in [6.07, 6.45) is -0.0967. The van der Waals surface area contributed by atoms with Gasteiger partial charge in [-0.1, -0.05) is 53.9 Å². The average molecular weight is 423 g/mol. The van der Waals surface area contributed by atoms with Crippen LogP contribution in [0.3, 0.4) is 0 Å². The van der Waals surface area contributed by atoms with E-state index in [0.717, 1.165) is 5.75 Å². The molecular formula is C21H20Cl2O3S. The first kappa shape index (κ1) is 20.1. The van der Waals surface area contributed by atoms with Crippen molar-refractivity contribution in [3.63, 3.8) is 0 Å². The molecule has 0 saturated carbocycles. The van der Waals surface area contributed by atoms with E-state index in [1.165, 1.54) is 10.5 Å². The topological polar surface area (TPSA) is 46.5 Å². The number of thioether (sulfide) groups is 1. The molecule has 1 aliphatic rings. The highest BCUT2D eigenvalue weighted by Crippen LogP contribution is 2.36. The average Bonchev–Trinajstić information content (AvgIpc) is 2.62. The zero-order valence-electron chi connectivity index (χ0n) is 15.0. The normalized spacial score (nSPS) is 18.4. The summed E-state index contributed by atoms with van der Waals surface area (Å²) < 4.78 is 5.62. The number of hydrogen-bond acceptors (Lipinski definition) is 4. The number of hydrogen-bond donors (Lipinski definition) is 1. The Hall–Kier alpha value is -1.62. The number of rotatable bonds is 5. The number of aryl methyl sites for hydroxylation is 1. The molecule has 0 aliphatic carbocycles. The highest BCUT2D eigenvalue weighted by molar-refractivity contribution is 7.99. The van der Waals surface area contributed by atoms with Gasteiger partial charge >= 0.3 is 5.97 Å². The second kappa shape index (κ2) is 8.59. The van der Waals surface area contributed by atoms with Gasteiger partial charge in [0.2, 0.25) is 0 Å². The second-order valence-electron chi connectivity index (χ2n) is 6.70. The molecular weight excluding hydrogens is 403 g/mol. The Morgan fingerprint density at radius 2 is 1.93 bits per heavy atom. The molecule has 1 heterocycles. The molecule has 6 heteroatoms. The second-order valence-corrected chi connectivity index (χ2v) is 8.63. The van der Waals surface area contributed by atoms with E-state index in [1.54, 1.807) is 30.0 Å². The molecule has 0 bridgehead atoms. The van der Waals surface area contributed by atoms with E-state index in [4.69, 9.17) is 27.9 Å². The quantitative estimate of drug-likeness (QED) is 0.452. The van der Waals surface area contributed by atoms with Crippen LogP contribution in [0.4, 0.5) is 0 Å². The van der Waals surface area contributed by atoms with E-state index in [1.807, 2.05) is 6.92 Å². The summed E-state index contributed by atoms with van der Waals surface area (Å²) in [5.74, 6) is 0.322. The van der Waals surface area contributed by atoms with Gasteiger partial charge in [-0.05, 0) is 31.2 Å². The number of aliphatic hydroxyl groups excluding tert-OH is 1. The van der Waals surface area contributed by atoms with Gasteiger partial charge in [-0.2, -0.15) is 0 Å². The summed E-state index contributed by atoms with van der Waals surface area (Å²) in [6.45, 7) is 4.07. The van der Waals surface area contributed by atoms with Crippen molar-refractivity contribution >= 4 is 46.5 Å². The van der Waals surface area contributed by atoms with Crippen LogP contribution in [0.2, 0.25) is 10.0 Å². The van der Waals surface area contributed by atoms with Crippen LogP contribution >= 0.6 is 35.0 Å². The van der Waals surface area contributed by atoms with Crippen molar-refractivity contribution in [2.75, 3.05) is 5.75 Å². The number of aliphatic hydroxyl groups is 1. The van der Waals surface area contributed by atoms with Crippen LogP contribution < -0.4 is 0 Å². The molecule has 1 N–H and O–H groups in total. The fraction of sp³-hybridized carbons (Fsp3) is 0.286. The number of esters is 1. The number of benzene rings is 2. The molecule has 27 heavy (non-hydrogen) atoms. The molecule has 3 nitrogen and oxygen atoms in total. The molecule has 0 amide bonds. The lowest BCUT2D eigenvalue weighted by Gasteiger charge is -2.29. The summed E-state index contributed by atoms with van der Waals surface area (Å²) in [4.78, 5) is 13.7. The summed E-state index contributed by atoms with van der Waals surface area (Å²) in [7, 11) is 0. The van der Waals surface area contributed by atoms with Gasteiger partial charge in [-0.15, -0.1) is 11.8 Å². The largest absolute Gasteiger partial charge is 0.511 e. The fourth-order valence-corrected chi connectivity index (χ4v) is 4.39. The Kier molecular flexibility index (Phi) is 6.40. The Balaban J connectivity index is 1.70. The smallest absolute Gasteiger partial charge is 0.342 e. The van der Waals surface area contributed by atoms with Gasteiger partial charge in [0.1, 0.15) is 17.4 Å². The van der Waals surface area contributed by atoms with Gasteiger partial charge in [0.05, 0.1) is 5.02 Å². The first-order valence-corrected chi connectivity index (χ1v) is 10.4. The SMILES string of the molecule is Cc1ccc(SCC(C)C2CC(O)=C(c3ccc(Cl)cc3Cl)C(=O)O2)cc1. The lowest BCUT2D eigenvalue weighted by atomic mass is 9.95. The first-order chi connectivity index (χ1) is 12.8. The summed E-state index contributed by atoms with van der Waals surface area (Å²) in [5.41, 5.74) is 1.77. The van der Waals surface area contributed by atoms with Crippen molar-refractivity contribution in [1.82, 2.24) is 0 Å². The number of cyclic esters (lactones) is 1. The standard InChI is InChI=1S/C21H20Cl2O3S/c1-12-3-6-15(7-4-12)27-11-13(2)19-10-18(24)20(21(25)26-19)16-8-5-14(22)9-17(16)23/h3-9,13,19,24H,10-11H2,1-2H3. The molecule has 0 fully saturated rings. The van der Waals surface area contributed by atoms with Gasteiger partial charge in [0.15, 0.2) is 0 Å². The fourth-order valence-electron chi connectivity index (χ4n) is 2.89. The van der Waals surface area contributed by atoms with Gasteiger partial charge < -0.3 is 9.84 Å². The Bertz CT molecular complexity index is 877. The van der Waals surface area contributed by atoms with Crippen molar-refractivity contribution < 1.29 is 14.6 Å². The van der Waals surface area contributed by atoms with Crippen molar-refractivity contribution in [3.05, 3.63) is 69.4 Å². The first-order valence-electron chi connectivity index (χ1n) is 8.63. The summed E-state index contributed by atoms with van der Waals surface area (Å²) in [5, 5.41) is 11.3. The van der Waals surface area contributed by atoms with Crippen molar-refractivity contribution in [1.29, 1.82) is 0 Å². The molecule has 3 rings (SSSR count). The lowest BCUT2D eigenvalue weighted by Crippen LogP contribution is -2.32. The number of carbonyl (C=O) groups excluding carboxylic acids is 1. The molecule has 142 valence electrons. The van der Waals surface area contributed by atoms with Gasteiger partial charge in [-0.25, -0.2) is 4.79 Å². The van der Waals surface area contributed by atoms with Crippen LogP contribution in [-0.2, 0) is 9.53 Å². The third-order valence-corrected chi connectivity index (χ3v) is 6.36. The van der Waals surface area contributed by atoms with E-state index < -0.39 is 5.97 Å². The summed E-state index contributed by atoms with van der Waals surface area (Å²) >= 11 is 13.8. The van der Waals surface area contributed by atoms with E-state index in [0.29, 0.717) is 15.6 Å². The molecule has 0 spiro atoms. The minimum absolute atomic E-state index is 0.00709. The van der Waals surface area contributed by atoms with E-state index in [2.05, 4.69) is 31.2 Å². The Labute approximate surface area is 173 Å². The van der Waals surface area contributed by atoms with Crippen molar-refractivity contribution in [2.24, 2.45) is 5.92 Å². The summed E-state index contributed by atoms with van der Waals surface area (Å²) in [6, 6.07) is 13.1. The Morgan fingerprint density at radius 3 is 2.56 bits per heavy atom. The number of ether oxygens (including phenoxy) is 1. The minimum atomic E-state index is -0.555. The third kappa shape index (κ3) is 4.81. The molecule has 0 radical (unpaired) electrons. The highest BCUT2D eigenvalue weighted by Gasteiger charge is 2.33. The van der Waals surface area contributed by atoms with E-state index in [9.17, 15) is 9.90 Å². The number of carbonyl (C=O) groups is 1. The van der Waals surface area contributed by atoms with Gasteiger partial charge in [-0.3, -0.25) is 0 Å². The van der Waals surface area contributed by atoms with Gasteiger partial charge in [0.25, 0.3) is 0 Å². The van der Waals surface area contributed by atoms with E-state index >= 15 is 0 Å². The van der Waals surface area contributed by atoms with Crippen LogP contribution in [0.15, 0.2) is 53.1 Å². The predicted octanol–water partition coefficient (Wildman–Crippen LogP) is 6.31. The monoisotopic (exact) mass is 422 g/mol. The maximum atomic E-state index is 12.5. The van der Waals surface area contributed by atoms with Crippen LogP contribution in [0.1, 0.15) is 24.5 Å². The zero-order valence-corrected chi connectivity index (χ0v) is 17.4.